The number of para-hydroxylation sites is 2. The molecule has 10 rings (SSSR count). The minimum Gasteiger partial charge on any atom is -0.309 e. The maximum Gasteiger partial charge on any atom is 0.138 e. The Morgan fingerprint density at radius 2 is 0.946 bits per heavy atom. The monoisotopic (exact) mass is 715 g/mol. The molecule has 10 aromatic rings. The summed E-state index contributed by atoms with van der Waals surface area (Å²) in [6.07, 6.45) is 5.60. The van der Waals surface area contributed by atoms with E-state index in [1.54, 1.807) is 6.08 Å². The molecule has 0 N–H and O–H groups in total. The van der Waals surface area contributed by atoms with Crippen molar-refractivity contribution >= 4 is 49.2 Å². The molecule has 3 aromatic heterocycles. The van der Waals surface area contributed by atoms with Gasteiger partial charge in [0.1, 0.15) is 5.82 Å². The van der Waals surface area contributed by atoms with Crippen LogP contribution in [0.5, 0.6) is 0 Å². The molecule has 0 saturated heterocycles. The Hall–Kier alpha value is -7.49. The van der Waals surface area contributed by atoms with E-state index in [-0.39, 0.29) is 0 Å². The van der Waals surface area contributed by atoms with Gasteiger partial charge in [-0.3, -0.25) is 4.57 Å². The zero-order valence-corrected chi connectivity index (χ0v) is 30.8. The summed E-state index contributed by atoms with van der Waals surface area (Å²) in [6.45, 7) is 8.06. The summed E-state index contributed by atoms with van der Waals surface area (Å²) in [7, 11) is 0. The van der Waals surface area contributed by atoms with Crippen LogP contribution in [0.4, 0.5) is 0 Å². The van der Waals surface area contributed by atoms with Crippen molar-refractivity contribution in [3.63, 3.8) is 0 Å². The van der Waals surface area contributed by atoms with Crippen molar-refractivity contribution in [3.8, 4) is 44.9 Å². The highest BCUT2D eigenvalue weighted by molar-refractivity contribution is 6.12. The van der Waals surface area contributed by atoms with Crippen molar-refractivity contribution in [2.24, 2.45) is 0 Å². The number of hydrogen-bond acceptors (Lipinski definition) is 1. The van der Waals surface area contributed by atoms with Gasteiger partial charge in [0.15, 0.2) is 0 Å². The molecule has 0 aliphatic heterocycles. The molecule has 7 aromatic carbocycles. The van der Waals surface area contributed by atoms with Crippen LogP contribution in [0.2, 0.25) is 0 Å². The van der Waals surface area contributed by atoms with E-state index in [0.29, 0.717) is 0 Å². The van der Waals surface area contributed by atoms with E-state index in [2.05, 4.69) is 198 Å². The van der Waals surface area contributed by atoms with Gasteiger partial charge in [0.25, 0.3) is 0 Å². The van der Waals surface area contributed by atoms with Gasteiger partial charge in [-0.05, 0) is 93.6 Å². The lowest BCUT2D eigenvalue weighted by atomic mass is 10.0. The largest absolute Gasteiger partial charge is 0.309 e. The number of nitrogens with zero attached hydrogens (tertiary/aromatic N) is 3. The summed E-state index contributed by atoms with van der Waals surface area (Å²) in [5.74, 6) is 0.846. The highest BCUT2D eigenvalue weighted by atomic mass is 15.1. The second-order valence-corrected chi connectivity index (χ2v) is 14.1. The minimum absolute atomic E-state index is 0.842. The molecule has 0 unspecified atom stereocenters. The number of rotatable bonds is 8. The molecule has 0 saturated carbocycles. The molecule has 3 heteroatoms. The van der Waals surface area contributed by atoms with E-state index in [1.807, 2.05) is 18.2 Å². The van der Waals surface area contributed by atoms with Gasteiger partial charge in [0, 0.05) is 27.2 Å². The number of aromatic nitrogens is 3. The SMILES string of the molecule is C=C/C=C(\C=C)c1cc(-c2ccccc2)cc(-n2c3ccccc3c3ccc(-c4ccc5c(c4)c4ccccc4n5-c4ccc(-c5ccccc5)cc4)cc32)n1. The van der Waals surface area contributed by atoms with Gasteiger partial charge in [-0.2, -0.15) is 0 Å². The van der Waals surface area contributed by atoms with Gasteiger partial charge in [-0.1, -0.05) is 159 Å². The van der Waals surface area contributed by atoms with Crippen LogP contribution in [0.15, 0.2) is 213 Å². The van der Waals surface area contributed by atoms with Crippen LogP contribution >= 0.6 is 0 Å². The van der Waals surface area contributed by atoms with Crippen molar-refractivity contribution in [1.29, 1.82) is 0 Å². The van der Waals surface area contributed by atoms with Gasteiger partial charge >= 0.3 is 0 Å². The van der Waals surface area contributed by atoms with Crippen molar-refractivity contribution in [2.45, 2.75) is 0 Å². The molecule has 0 radical (unpaired) electrons. The van der Waals surface area contributed by atoms with Crippen molar-refractivity contribution in [2.75, 3.05) is 0 Å². The van der Waals surface area contributed by atoms with Crippen LogP contribution in [0.1, 0.15) is 5.69 Å². The minimum atomic E-state index is 0.842. The Morgan fingerprint density at radius 1 is 0.411 bits per heavy atom. The zero-order chi connectivity index (χ0) is 37.6. The van der Waals surface area contributed by atoms with E-state index in [4.69, 9.17) is 4.98 Å². The van der Waals surface area contributed by atoms with Gasteiger partial charge in [-0.25, -0.2) is 4.98 Å². The predicted octanol–water partition coefficient (Wildman–Crippen LogP) is 14.0. The quantitative estimate of drug-likeness (QED) is 0.144. The topological polar surface area (TPSA) is 22.8 Å². The van der Waals surface area contributed by atoms with E-state index in [1.165, 1.54) is 43.7 Å². The average Bonchev–Trinajstić information content (AvgIpc) is 3.78. The molecular formula is C53H37N3. The second-order valence-electron chi connectivity index (χ2n) is 14.1. The van der Waals surface area contributed by atoms with E-state index in [0.717, 1.165) is 56.1 Å². The Morgan fingerprint density at radius 3 is 1.64 bits per heavy atom. The summed E-state index contributed by atoms with van der Waals surface area (Å²) < 4.78 is 4.69. The number of fused-ring (bicyclic) bond motifs is 6. The predicted molar refractivity (Wildman–Crippen MR) is 238 cm³/mol. The van der Waals surface area contributed by atoms with Gasteiger partial charge in [0.2, 0.25) is 0 Å². The normalized spacial score (nSPS) is 11.8. The van der Waals surface area contributed by atoms with Crippen LogP contribution in [0.25, 0.3) is 94.1 Å². The Bertz CT molecular complexity index is 3140. The fraction of sp³-hybridized carbons (Fsp3) is 0. The number of pyridine rings is 1. The summed E-state index contributed by atoms with van der Waals surface area (Å²) in [5, 5.41) is 4.82. The van der Waals surface area contributed by atoms with Crippen molar-refractivity contribution in [3.05, 3.63) is 219 Å². The smallest absolute Gasteiger partial charge is 0.138 e. The van der Waals surface area contributed by atoms with E-state index in [9.17, 15) is 0 Å². The average molecular weight is 716 g/mol. The fourth-order valence-corrected chi connectivity index (χ4v) is 8.22. The molecule has 0 aliphatic carbocycles. The summed E-state index contributed by atoms with van der Waals surface area (Å²) >= 11 is 0. The first-order chi connectivity index (χ1) is 27.7. The van der Waals surface area contributed by atoms with Crippen LogP contribution in [0.3, 0.4) is 0 Å². The lowest BCUT2D eigenvalue weighted by Gasteiger charge is -2.13. The maximum absolute atomic E-state index is 5.30. The number of allylic oxidation sites excluding steroid dienone is 4. The molecule has 0 aliphatic rings. The number of hydrogen-bond donors (Lipinski definition) is 0. The summed E-state index contributed by atoms with van der Waals surface area (Å²) in [4.78, 5) is 5.30. The first-order valence-corrected chi connectivity index (χ1v) is 18.9. The third-order valence-corrected chi connectivity index (χ3v) is 10.9. The molecule has 264 valence electrons. The van der Waals surface area contributed by atoms with Gasteiger partial charge in [0.05, 0.1) is 27.8 Å². The zero-order valence-electron chi connectivity index (χ0n) is 30.8. The maximum atomic E-state index is 5.30. The Balaban J connectivity index is 1.15. The van der Waals surface area contributed by atoms with Crippen LogP contribution in [0, 0.1) is 0 Å². The van der Waals surface area contributed by atoms with E-state index < -0.39 is 0 Å². The van der Waals surface area contributed by atoms with Crippen LogP contribution < -0.4 is 0 Å². The highest BCUT2D eigenvalue weighted by Gasteiger charge is 2.18. The van der Waals surface area contributed by atoms with E-state index >= 15 is 0 Å². The van der Waals surface area contributed by atoms with Gasteiger partial charge < -0.3 is 4.57 Å². The molecule has 3 heterocycles. The Labute approximate surface area is 326 Å². The molecule has 0 bridgehead atoms. The van der Waals surface area contributed by atoms with Gasteiger partial charge in [-0.15, -0.1) is 0 Å². The van der Waals surface area contributed by atoms with Crippen LogP contribution in [-0.2, 0) is 0 Å². The lowest BCUT2D eigenvalue weighted by molar-refractivity contribution is 1.07. The molecule has 0 spiro atoms. The fourth-order valence-electron chi connectivity index (χ4n) is 8.22. The number of benzene rings is 7. The molecule has 0 atom stereocenters. The first-order valence-electron chi connectivity index (χ1n) is 18.9. The highest BCUT2D eigenvalue weighted by Crippen LogP contribution is 2.39. The molecule has 0 fully saturated rings. The third kappa shape index (κ3) is 5.57. The van der Waals surface area contributed by atoms with Crippen molar-refractivity contribution < 1.29 is 0 Å². The first kappa shape index (κ1) is 33.1. The second kappa shape index (κ2) is 13.7. The third-order valence-electron chi connectivity index (χ3n) is 10.9. The summed E-state index contributed by atoms with van der Waals surface area (Å²) in [5.41, 5.74) is 14.4. The standard InChI is InChI=1S/C53H37N3/c1-3-15-36(4-2)48-33-42(38-18-9-6-10-19-38)35-53(54-48)56-50-23-14-11-20-44(50)46-30-26-41(34-52(46)56)40-27-31-51-47(32-40)45-21-12-13-22-49(45)55(51)43-28-24-39(25-29-43)37-16-7-5-8-17-37/h3-35H,1-2H2/b36-15+. The molecule has 3 nitrogen and oxygen atoms in total. The summed E-state index contributed by atoms with van der Waals surface area (Å²) in [6, 6.07) is 65.3. The van der Waals surface area contributed by atoms with Crippen molar-refractivity contribution in [1.82, 2.24) is 14.1 Å². The Kier molecular flexibility index (Phi) is 8.12. The molecular weight excluding hydrogens is 679 g/mol. The molecule has 0 amide bonds. The lowest BCUT2D eigenvalue weighted by Crippen LogP contribution is -2.01. The molecule has 56 heavy (non-hydrogen) atoms. The van der Waals surface area contributed by atoms with Crippen LogP contribution in [-0.4, -0.2) is 14.1 Å².